The minimum atomic E-state index is -0.276. The number of carbonyl (C=O) groups excluding carboxylic acids is 2. The number of thioether (sulfide) groups is 1. The summed E-state index contributed by atoms with van der Waals surface area (Å²) in [5, 5.41) is 2.82. The van der Waals surface area contributed by atoms with Crippen LogP contribution >= 0.6 is 24.0 Å². The molecule has 2 amide bonds. The minimum absolute atomic E-state index is 0.0985. The second-order valence-corrected chi connectivity index (χ2v) is 7.60. The fraction of sp³-hybridized carbons (Fsp3) is 0.0952. The van der Waals surface area contributed by atoms with E-state index in [9.17, 15) is 9.59 Å². The molecule has 1 aliphatic heterocycles. The van der Waals surface area contributed by atoms with Gasteiger partial charge in [-0.05, 0) is 30.2 Å². The molecule has 3 rings (SSSR count). The van der Waals surface area contributed by atoms with E-state index >= 15 is 0 Å². The zero-order valence-electron chi connectivity index (χ0n) is 14.7. The number of nitrogens with one attached hydrogen (secondary N) is 1. The van der Waals surface area contributed by atoms with Crippen molar-refractivity contribution < 1.29 is 9.59 Å². The SMILES string of the molecule is Cc1ccccc1NC(=O)CN1C(=O)C(=CC=Cc2ccccc2)SC1=S. The molecule has 1 aliphatic rings. The lowest BCUT2D eigenvalue weighted by Gasteiger charge is -2.15. The lowest BCUT2D eigenvalue weighted by Crippen LogP contribution is -2.36. The molecule has 0 radical (unpaired) electrons. The van der Waals surface area contributed by atoms with Gasteiger partial charge in [-0.3, -0.25) is 14.5 Å². The Morgan fingerprint density at radius 2 is 1.85 bits per heavy atom. The number of allylic oxidation sites excluding steroid dienone is 2. The van der Waals surface area contributed by atoms with E-state index in [0.29, 0.717) is 9.23 Å². The molecule has 1 fully saturated rings. The topological polar surface area (TPSA) is 49.4 Å². The van der Waals surface area contributed by atoms with Crippen molar-refractivity contribution >= 4 is 51.9 Å². The van der Waals surface area contributed by atoms with Crippen LogP contribution in [-0.2, 0) is 9.59 Å². The van der Waals surface area contributed by atoms with Crippen LogP contribution in [0.2, 0.25) is 0 Å². The maximum absolute atomic E-state index is 12.5. The average molecular weight is 395 g/mol. The van der Waals surface area contributed by atoms with Gasteiger partial charge in [0.05, 0.1) is 4.91 Å². The van der Waals surface area contributed by atoms with Crippen molar-refractivity contribution in [2.75, 3.05) is 11.9 Å². The Kier molecular flexibility index (Phi) is 6.21. The Morgan fingerprint density at radius 3 is 2.59 bits per heavy atom. The zero-order chi connectivity index (χ0) is 19.2. The third-order valence-electron chi connectivity index (χ3n) is 3.93. The highest BCUT2D eigenvalue weighted by Gasteiger charge is 2.33. The lowest BCUT2D eigenvalue weighted by molar-refractivity contribution is -0.126. The Bertz CT molecular complexity index is 936. The zero-order valence-corrected chi connectivity index (χ0v) is 16.3. The predicted octanol–water partition coefficient (Wildman–Crippen LogP) is 4.39. The molecule has 1 heterocycles. The Balaban J connectivity index is 1.63. The molecule has 2 aromatic rings. The van der Waals surface area contributed by atoms with Crippen LogP contribution in [0.1, 0.15) is 11.1 Å². The van der Waals surface area contributed by atoms with E-state index in [2.05, 4.69) is 5.32 Å². The summed E-state index contributed by atoms with van der Waals surface area (Å²) < 4.78 is 0.388. The second-order valence-electron chi connectivity index (χ2n) is 5.92. The molecule has 136 valence electrons. The van der Waals surface area contributed by atoms with Gasteiger partial charge < -0.3 is 5.32 Å². The molecule has 0 unspecified atom stereocenters. The highest BCUT2D eigenvalue weighted by molar-refractivity contribution is 8.26. The molecule has 0 aromatic heterocycles. The fourth-order valence-electron chi connectivity index (χ4n) is 2.51. The summed E-state index contributed by atoms with van der Waals surface area (Å²) in [6.07, 6.45) is 5.46. The normalized spacial score (nSPS) is 15.7. The molecule has 0 bridgehead atoms. The van der Waals surface area contributed by atoms with Gasteiger partial charge in [-0.2, -0.15) is 0 Å². The Morgan fingerprint density at radius 1 is 1.15 bits per heavy atom. The smallest absolute Gasteiger partial charge is 0.266 e. The number of benzene rings is 2. The van der Waals surface area contributed by atoms with Gasteiger partial charge in [-0.1, -0.05) is 84.7 Å². The fourth-order valence-corrected chi connectivity index (χ4v) is 3.71. The van der Waals surface area contributed by atoms with Crippen molar-refractivity contribution in [3.05, 3.63) is 82.8 Å². The van der Waals surface area contributed by atoms with Gasteiger partial charge in [0.2, 0.25) is 5.91 Å². The van der Waals surface area contributed by atoms with E-state index < -0.39 is 0 Å². The number of anilines is 1. The predicted molar refractivity (Wildman–Crippen MR) is 115 cm³/mol. The molecule has 27 heavy (non-hydrogen) atoms. The van der Waals surface area contributed by atoms with Crippen LogP contribution in [0, 0.1) is 6.92 Å². The number of aryl methyl sites for hydroxylation is 1. The summed E-state index contributed by atoms with van der Waals surface area (Å²) in [5.74, 6) is -0.524. The third kappa shape index (κ3) is 4.93. The lowest BCUT2D eigenvalue weighted by atomic mass is 10.2. The number of nitrogens with zero attached hydrogens (tertiary/aromatic N) is 1. The van der Waals surface area contributed by atoms with Gasteiger partial charge in [-0.15, -0.1) is 0 Å². The van der Waals surface area contributed by atoms with E-state index in [4.69, 9.17) is 12.2 Å². The van der Waals surface area contributed by atoms with E-state index in [1.165, 1.54) is 16.7 Å². The third-order valence-corrected chi connectivity index (χ3v) is 5.33. The highest BCUT2D eigenvalue weighted by atomic mass is 32.2. The van der Waals surface area contributed by atoms with Gasteiger partial charge in [0, 0.05) is 5.69 Å². The van der Waals surface area contributed by atoms with Crippen LogP contribution in [0.4, 0.5) is 5.69 Å². The van der Waals surface area contributed by atoms with Gasteiger partial charge in [-0.25, -0.2) is 0 Å². The molecule has 0 spiro atoms. The number of amides is 2. The molecule has 4 nitrogen and oxygen atoms in total. The molecular formula is C21H18N2O2S2. The summed E-state index contributed by atoms with van der Waals surface area (Å²) in [6, 6.07) is 17.3. The van der Waals surface area contributed by atoms with E-state index in [0.717, 1.165) is 16.8 Å². The minimum Gasteiger partial charge on any atom is -0.324 e. The molecule has 1 saturated heterocycles. The van der Waals surface area contributed by atoms with E-state index in [-0.39, 0.29) is 18.4 Å². The quantitative estimate of drug-likeness (QED) is 0.604. The van der Waals surface area contributed by atoms with Gasteiger partial charge >= 0.3 is 0 Å². The van der Waals surface area contributed by atoms with Crippen LogP contribution in [0.15, 0.2) is 71.7 Å². The number of hydrogen-bond donors (Lipinski definition) is 1. The van der Waals surface area contributed by atoms with Gasteiger partial charge in [0.15, 0.2) is 0 Å². The van der Waals surface area contributed by atoms with Crippen molar-refractivity contribution in [1.29, 1.82) is 0 Å². The van der Waals surface area contributed by atoms with Crippen LogP contribution in [0.25, 0.3) is 6.08 Å². The van der Waals surface area contributed by atoms with E-state index in [1.807, 2.05) is 73.7 Å². The van der Waals surface area contributed by atoms with Gasteiger partial charge in [0.25, 0.3) is 5.91 Å². The summed E-state index contributed by atoms with van der Waals surface area (Å²) >= 11 is 6.48. The first-order valence-electron chi connectivity index (χ1n) is 8.37. The number of hydrogen-bond acceptors (Lipinski definition) is 4. The molecule has 0 atom stereocenters. The van der Waals surface area contributed by atoms with Crippen LogP contribution in [0.5, 0.6) is 0 Å². The first-order chi connectivity index (χ1) is 13.0. The number of rotatable bonds is 5. The standard InChI is InChI=1S/C21H18N2O2S2/c1-15-8-5-6-12-17(15)22-19(24)14-23-20(25)18(27-21(23)26)13-7-11-16-9-3-2-4-10-16/h2-13H,14H2,1H3,(H,22,24). The molecular weight excluding hydrogens is 376 g/mol. The average Bonchev–Trinajstić information content (AvgIpc) is 2.92. The first kappa shape index (κ1) is 19.1. The van der Waals surface area contributed by atoms with E-state index in [1.54, 1.807) is 6.08 Å². The Hall–Kier alpha value is -2.70. The molecule has 0 aliphatic carbocycles. The molecule has 2 aromatic carbocycles. The second kappa shape index (κ2) is 8.79. The molecule has 0 saturated carbocycles. The number of thiocarbonyl (C=S) groups is 1. The maximum atomic E-state index is 12.5. The van der Waals surface area contributed by atoms with Gasteiger partial charge in [0.1, 0.15) is 10.9 Å². The van der Waals surface area contributed by atoms with Crippen LogP contribution < -0.4 is 5.32 Å². The van der Waals surface area contributed by atoms with Crippen LogP contribution in [-0.4, -0.2) is 27.6 Å². The summed E-state index contributed by atoms with van der Waals surface area (Å²) in [4.78, 5) is 26.7. The number of carbonyl (C=O) groups is 2. The first-order valence-corrected chi connectivity index (χ1v) is 9.59. The van der Waals surface area contributed by atoms with Crippen molar-refractivity contribution in [2.45, 2.75) is 6.92 Å². The largest absolute Gasteiger partial charge is 0.324 e. The molecule has 6 heteroatoms. The summed E-state index contributed by atoms with van der Waals surface area (Å²) in [6.45, 7) is 1.82. The summed E-state index contributed by atoms with van der Waals surface area (Å²) in [5.41, 5.74) is 2.73. The monoisotopic (exact) mass is 394 g/mol. The van der Waals surface area contributed by atoms with Crippen molar-refractivity contribution in [1.82, 2.24) is 4.90 Å². The van der Waals surface area contributed by atoms with Crippen LogP contribution in [0.3, 0.4) is 0 Å². The van der Waals surface area contributed by atoms with Crippen molar-refractivity contribution in [3.63, 3.8) is 0 Å². The van der Waals surface area contributed by atoms with Crippen molar-refractivity contribution in [2.24, 2.45) is 0 Å². The summed E-state index contributed by atoms with van der Waals surface area (Å²) in [7, 11) is 0. The maximum Gasteiger partial charge on any atom is 0.266 e. The highest BCUT2D eigenvalue weighted by Crippen LogP contribution is 2.31. The molecule has 1 N–H and O–H groups in total. The number of para-hydroxylation sites is 1. The van der Waals surface area contributed by atoms with Crippen molar-refractivity contribution in [3.8, 4) is 0 Å². The Labute approximate surface area is 168 Å².